The zero-order chi connectivity index (χ0) is 10.6. The molecule has 0 unspecified atom stereocenters. The third kappa shape index (κ3) is 2.61. The van der Waals surface area contributed by atoms with Crippen molar-refractivity contribution in [1.82, 2.24) is 0 Å². The lowest BCUT2D eigenvalue weighted by Gasteiger charge is -2.03. The fraction of sp³-hybridized carbons (Fsp3) is 0.250. The predicted molar refractivity (Wildman–Crippen MR) is 58.5 cm³/mol. The molecule has 72 valence electrons. The van der Waals surface area contributed by atoms with Gasteiger partial charge in [-0.05, 0) is 37.1 Å². The predicted octanol–water partition coefficient (Wildman–Crippen LogP) is 2.90. The quantitative estimate of drug-likeness (QED) is 0.510. The van der Waals surface area contributed by atoms with Crippen LogP contribution in [0.15, 0.2) is 12.1 Å². The molecular formula is C12H11ClO. The summed E-state index contributed by atoms with van der Waals surface area (Å²) < 4.78 is 0. The molecular weight excluding hydrogens is 196 g/mol. The molecule has 2 heteroatoms. The van der Waals surface area contributed by atoms with Gasteiger partial charge >= 0.3 is 0 Å². The maximum absolute atomic E-state index is 10.1. The zero-order valence-electron chi connectivity index (χ0n) is 8.23. The minimum atomic E-state index is 0.279. The first-order chi connectivity index (χ1) is 6.65. The molecule has 0 bridgehead atoms. The summed E-state index contributed by atoms with van der Waals surface area (Å²) >= 11 is 5.88. The number of carbonyl (C=O) groups excluding carboxylic acids is 1. The first-order valence-corrected chi connectivity index (χ1v) is 4.72. The van der Waals surface area contributed by atoms with E-state index in [0.717, 1.165) is 28.0 Å². The molecule has 0 aliphatic carbocycles. The number of aldehydes is 1. The zero-order valence-corrected chi connectivity index (χ0v) is 8.98. The van der Waals surface area contributed by atoms with Gasteiger partial charge in [-0.3, -0.25) is 0 Å². The van der Waals surface area contributed by atoms with Crippen molar-refractivity contribution < 1.29 is 4.79 Å². The van der Waals surface area contributed by atoms with E-state index in [-0.39, 0.29) is 6.42 Å². The normalized spacial score (nSPS) is 9.07. The third-order valence-corrected chi connectivity index (χ3v) is 2.11. The van der Waals surface area contributed by atoms with Crippen molar-refractivity contribution >= 4 is 17.9 Å². The summed E-state index contributed by atoms with van der Waals surface area (Å²) in [5.74, 6) is 5.76. The molecule has 14 heavy (non-hydrogen) atoms. The standard InChI is InChI=1S/C12H11ClO/c1-9-7-11(13)8-10(2)12(9)5-3-4-6-14/h6-8H,4H2,1-2H3. The number of halogens is 1. The summed E-state index contributed by atoms with van der Waals surface area (Å²) in [4.78, 5) is 10.1. The molecule has 1 aromatic rings. The van der Waals surface area contributed by atoms with E-state index in [0.29, 0.717) is 0 Å². The van der Waals surface area contributed by atoms with Gasteiger partial charge in [0.15, 0.2) is 0 Å². The Morgan fingerprint density at radius 3 is 2.43 bits per heavy atom. The molecule has 0 radical (unpaired) electrons. The SMILES string of the molecule is Cc1cc(Cl)cc(C)c1C#CCC=O. The maximum Gasteiger partial charge on any atom is 0.131 e. The molecule has 0 spiro atoms. The molecule has 0 aromatic heterocycles. The van der Waals surface area contributed by atoms with Crippen LogP contribution in [0.3, 0.4) is 0 Å². The van der Waals surface area contributed by atoms with Crippen LogP contribution in [0, 0.1) is 25.7 Å². The van der Waals surface area contributed by atoms with Crippen LogP contribution in [-0.2, 0) is 4.79 Å². The van der Waals surface area contributed by atoms with Gasteiger partial charge in [-0.1, -0.05) is 23.4 Å². The van der Waals surface area contributed by atoms with Crippen molar-refractivity contribution in [1.29, 1.82) is 0 Å². The van der Waals surface area contributed by atoms with E-state index < -0.39 is 0 Å². The Morgan fingerprint density at radius 2 is 1.93 bits per heavy atom. The Kier molecular flexibility index (Phi) is 3.73. The van der Waals surface area contributed by atoms with Gasteiger partial charge in [-0.25, -0.2) is 0 Å². The molecule has 0 atom stereocenters. The Bertz CT molecular complexity index is 387. The maximum atomic E-state index is 10.1. The monoisotopic (exact) mass is 206 g/mol. The average molecular weight is 207 g/mol. The number of hydrogen-bond acceptors (Lipinski definition) is 1. The molecule has 0 aliphatic rings. The fourth-order valence-corrected chi connectivity index (χ4v) is 1.62. The van der Waals surface area contributed by atoms with Gasteiger partial charge in [0, 0.05) is 10.6 Å². The smallest absolute Gasteiger partial charge is 0.131 e. The number of aryl methyl sites for hydroxylation is 2. The summed E-state index contributed by atoms with van der Waals surface area (Å²) in [5, 5.41) is 0.723. The molecule has 1 aromatic carbocycles. The lowest BCUT2D eigenvalue weighted by atomic mass is 10.0. The van der Waals surface area contributed by atoms with E-state index in [2.05, 4.69) is 11.8 Å². The molecule has 0 aliphatic heterocycles. The lowest BCUT2D eigenvalue weighted by molar-refractivity contribution is -0.107. The largest absolute Gasteiger partial charge is 0.302 e. The van der Waals surface area contributed by atoms with E-state index in [1.807, 2.05) is 26.0 Å². The van der Waals surface area contributed by atoms with Gasteiger partial charge in [0.05, 0.1) is 6.42 Å². The summed E-state index contributed by atoms with van der Waals surface area (Å²) in [5.41, 5.74) is 3.07. The van der Waals surface area contributed by atoms with Crippen LogP contribution in [0.4, 0.5) is 0 Å². The van der Waals surface area contributed by atoms with Crippen molar-refractivity contribution in [3.05, 3.63) is 33.8 Å². The van der Waals surface area contributed by atoms with Crippen molar-refractivity contribution in [3.63, 3.8) is 0 Å². The van der Waals surface area contributed by atoms with Crippen LogP contribution in [0.5, 0.6) is 0 Å². The van der Waals surface area contributed by atoms with Gasteiger partial charge in [-0.15, -0.1) is 0 Å². The molecule has 0 heterocycles. The lowest BCUT2D eigenvalue weighted by Crippen LogP contribution is -1.87. The van der Waals surface area contributed by atoms with Crippen LogP contribution < -0.4 is 0 Å². The van der Waals surface area contributed by atoms with Crippen molar-refractivity contribution in [3.8, 4) is 11.8 Å². The van der Waals surface area contributed by atoms with Crippen LogP contribution in [-0.4, -0.2) is 6.29 Å². The van der Waals surface area contributed by atoms with Gasteiger partial charge in [0.25, 0.3) is 0 Å². The Morgan fingerprint density at radius 1 is 1.36 bits per heavy atom. The van der Waals surface area contributed by atoms with E-state index in [4.69, 9.17) is 11.6 Å². The van der Waals surface area contributed by atoms with Crippen molar-refractivity contribution in [2.24, 2.45) is 0 Å². The summed E-state index contributed by atoms with van der Waals surface area (Å²) in [7, 11) is 0. The van der Waals surface area contributed by atoms with Gasteiger partial charge in [-0.2, -0.15) is 0 Å². The third-order valence-electron chi connectivity index (χ3n) is 1.90. The second kappa shape index (κ2) is 4.83. The Hall–Kier alpha value is -1.26. The molecule has 0 saturated heterocycles. The molecule has 0 amide bonds. The number of carbonyl (C=O) groups is 1. The van der Waals surface area contributed by atoms with Crippen molar-refractivity contribution in [2.75, 3.05) is 0 Å². The van der Waals surface area contributed by atoms with Gasteiger partial charge in [0.2, 0.25) is 0 Å². The van der Waals surface area contributed by atoms with Crippen LogP contribution in [0.25, 0.3) is 0 Å². The Balaban J connectivity index is 3.10. The van der Waals surface area contributed by atoms with E-state index in [9.17, 15) is 4.79 Å². The molecule has 0 fully saturated rings. The second-order valence-electron chi connectivity index (χ2n) is 3.09. The summed E-state index contributed by atoms with van der Waals surface area (Å²) in [6, 6.07) is 3.75. The minimum absolute atomic E-state index is 0.279. The van der Waals surface area contributed by atoms with Crippen LogP contribution in [0.1, 0.15) is 23.1 Å². The highest BCUT2D eigenvalue weighted by molar-refractivity contribution is 6.30. The molecule has 0 saturated carbocycles. The first kappa shape index (κ1) is 10.8. The number of rotatable bonds is 1. The average Bonchev–Trinajstić information content (AvgIpc) is 2.09. The van der Waals surface area contributed by atoms with Gasteiger partial charge < -0.3 is 4.79 Å². The number of benzene rings is 1. The Labute approximate surface area is 89.1 Å². The molecule has 1 rings (SSSR count). The van der Waals surface area contributed by atoms with Crippen LogP contribution >= 0.6 is 11.6 Å². The highest BCUT2D eigenvalue weighted by Crippen LogP contribution is 2.18. The number of hydrogen-bond donors (Lipinski definition) is 0. The van der Waals surface area contributed by atoms with E-state index >= 15 is 0 Å². The minimum Gasteiger partial charge on any atom is -0.302 e. The molecule has 0 N–H and O–H groups in total. The first-order valence-electron chi connectivity index (χ1n) is 4.34. The molecule has 1 nitrogen and oxygen atoms in total. The summed E-state index contributed by atoms with van der Waals surface area (Å²) in [6.07, 6.45) is 1.08. The second-order valence-corrected chi connectivity index (χ2v) is 3.52. The van der Waals surface area contributed by atoms with E-state index in [1.54, 1.807) is 0 Å². The highest BCUT2D eigenvalue weighted by Gasteiger charge is 2.00. The summed E-state index contributed by atoms with van der Waals surface area (Å²) in [6.45, 7) is 3.92. The topological polar surface area (TPSA) is 17.1 Å². The van der Waals surface area contributed by atoms with E-state index in [1.165, 1.54) is 0 Å². The van der Waals surface area contributed by atoms with Crippen molar-refractivity contribution in [2.45, 2.75) is 20.3 Å². The van der Waals surface area contributed by atoms with Gasteiger partial charge in [0.1, 0.15) is 6.29 Å². The van der Waals surface area contributed by atoms with Crippen LogP contribution in [0.2, 0.25) is 5.02 Å². The fourth-order valence-electron chi connectivity index (χ4n) is 1.29. The highest BCUT2D eigenvalue weighted by atomic mass is 35.5.